The van der Waals surface area contributed by atoms with E-state index in [9.17, 15) is 27.6 Å². The van der Waals surface area contributed by atoms with Crippen LogP contribution >= 0.6 is 0 Å². The topological polar surface area (TPSA) is 105 Å². The van der Waals surface area contributed by atoms with E-state index in [-0.39, 0.29) is 28.9 Å². The molecular formula is C22H22F3N5O4. The van der Waals surface area contributed by atoms with Gasteiger partial charge in [-0.25, -0.2) is 19.6 Å². The highest BCUT2D eigenvalue weighted by atomic mass is 19.4. The molecule has 0 spiro atoms. The van der Waals surface area contributed by atoms with Crippen LogP contribution in [0.4, 0.5) is 35.3 Å². The molecule has 1 N–H and O–H groups in total. The molecule has 4 rings (SSSR count). The van der Waals surface area contributed by atoms with E-state index in [0.717, 1.165) is 6.92 Å². The lowest BCUT2D eigenvalue weighted by atomic mass is 10.0. The molecule has 0 aliphatic carbocycles. The van der Waals surface area contributed by atoms with Crippen molar-refractivity contribution in [3.05, 3.63) is 41.7 Å². The molecule has 4 heterocycles. The summed E-state index contributed by atoms with van der Waals surface area (Å²) in [5, 5.41) is 2.63. The zero-order valence-corrected chi connectivity index (χ0v) is 18.4. The summed E-state index contributed by atoms with van der Waals surface area (Å²) in [6, 6.07) is 4.97. The van der Waals surface area contributed by atoms with Gasteiger partial charge in [-0.3, -0.25) is 15.0 Å². The van der Waals surface area contributed by atoms with Gasteiger partial charge >= 0.3 is 18.2 Å². The van der Waals surface area contributed by atoms with Crippen LogP contribution in [0.1, 0.15) is 40.6 Å². The van der Waals surface area contributed by atoms with Crippen molar-refractivity contribution in [2.45, 2.75) is 32.0 Å². The highest BCUT2D eigenvalue weighted by Gasteiger charge is 2.41. The number of hydrogen-bond donors (Lipinski definition) is 1. The van der Waals surface area contributed by atoms with Gasteiger partial charge in [0.25, 0.3) is 0 Å². The fourth-order valence-electron chi connectivity index (χ4n) is 4.04. The number of fused-ring (bicyclic) bond motifs is 4. The second-order valence-electron chi connectivity index (χ2n) is 8.22. The molecule has 12 heteroatoms. The Balaban J connectivity index is 1.61. The SMILES string of the molecule is COC(=O)c1ccnc(NC(=O)N2c3nc(C(=O)C[C@H](C)C(F)(F)F)ccc3N3CC[C@H]2C3)c1. The highest BCUT2D eigenvalue weighted by Crippen LogP contribution is 2.39. The predicted molar refractivity (Wildman–Crippen MR) is 116 cm³/mol. The van der Waals surface area contributed by atoms with Gasteiger partial charge in [0.1, 0.15) is 11.5 Å². The number of hydrogen-bond acceptors (Lipinski definition) is 7. The van der Waals surface area contributed by atoms with Crippen LogP contribution in [0.25, 0.3) is 0 Å². The Bertz CT molecular complexity index is 1140. The molecule has 2 aromatic heterocycles. The summed E-state index contributed by atoms with van der Waals surface area (Å²) in [4.78, 5) is 49.3. The van der Waals surface area contributed by atoms with Crippen molar-refractivity contribution >= 4 is 35.1 Å². The van der Waals surface area contributed by atoms with Crippen LogP contribution in [0.3, 0.4) is 0 Å². The van der Waals surface area contributed by atoms with Crippen LogP contribution in [0.15, 0.2) is 30.5 Å². The predicted octanol–water partition coefficient (Wildman–Crippen LogP) is 3.67. The van der Waals surface area contributed by atoms with E-state index in [4.69, 9.17) is 0 Å². The van der Waals surface area contributed by atoms with E-state index in [0.29, 0.717) is 25.2 Å². The summed E-state index contributed by atoms with van der Waals surface area (Å²) in [5.74, 6) is -2.86. The van der Waals surface area contributed by atoms with E-state index in [1.165, 1.54) is 36.4 Å². The van der Waals surface area contributed by atoms with Gasteiger partial charge in [-0.05, 0) is 30.7 Å². The molecule has 0 aromatic carbocycles. The summed E-state index contributed by atoms with van der Waals surface area (Å²) in [7, 11) is 1.23. The van der Waals surface area contributed by atoms with Crippen LogP contribution in [0.2, 0.25) is 0 Å². The number of ether oxygens (including phenoxy) is 1. The van der Waals surface area contributed by atoms with Crippen LogP contribution in [-0.4, -0.2) is 60.2 Å². The minimum Gasteiger partial charge on any atom is -0.465 e. The zero-order chi connectivity index (χ0) is 24.6. The number of pyridine rings is 2. The van der Waals surface area contributed by atoms with Crippen LogP contribution in [0.5, 0.6) is 0 Å². The Labute approximate surface area is 192 Å². The molecule has 2 aliphatic heterocycles. The number of halogens is 3. The molecule has 0 saturated carbocycles. The van der Waals surface area contributed by atoms with Crippen molar-refractivity contribution in [1.82, 2.24) is 9.97 Å². The molecule has 2 atom stereocenters. The summed E-state index contributed by atoms with van der Waals surface area (Å²) in [5.41, 5.74) is 0.672. The van der Waals surface area contributed by atoms with Gasteiger partial charge in [0.2, 0.25) is 0 Å². The molecule has 0 unspecified atom stereocenters. The number of anilines is 3. The maximum absolute atomic E-state index is 13.2. The Morgan fingerprint density at radius 2 is 2.03 bits per heavy atom. The van der Waals surface area contributed by atoms with Crippen molar-refractivity contribution in [2.75, 3.05) is 35.3 Å². The largest absolute Gasteiger partial charge is 0.465 e. The van der Waals surface area contributed by atoms with Crippen molar-refractivity contribution in [3.8, 4) is 0 Å². The standard InChI is InChI=1S/C22H22F3N5O4/c1-12(22(23,24)25)9-17(31)15-3-4-16-19(27-15)30(14-6-8-29(16)11-14)21(33)28-18-10-13(5-7-26-18)20(32)34-2/h3-5,7,10,12,14H,6,8-9,11H2,1-2H3,(H,26,28,33)/t12-,14-/m0/s1. The molecule has 1 saturated heterocycles. The van der Waals surface area contributed by atoms with E-state index in [1.807, 2.05) is 4.90 Å². The minimum absolute atomic E-state index is 0.112. The van der Waals surface area contributed by atoms with Crippen molar-refractivity contribution in [1.29, 1.82) is 0 Å². The molecule has 0 radical (unpaired) electrons. The van der Waals surface area contributed by atoms with Crippen LogP contribution < -0.4 is 15.1 Å². The monoisotopic (exact) mass is 477 g/mol. The number of amides is 2. The first-order valence-electron chi connectivity index (χ1n) is 10.6. The lowest BCUT2D eigenvalue weighted by Crippen LogP contribution is -2.48. The average molecular weight is 477 g/mol. The summed E-state index contributed by atoms with van der Waals surface area (Å²) in [6.45, 7) is 2.16. The third kappa shape index (κ3) is 4.52. The van der Waals surface area contributed by atoms with Crippen molar-refractivity contribution in [3.63, 3.8) is 0 Å². The second-order valence-corrected chi connectivity index (χ2v) is 8.22. The zero-order valence-electron chi connectivity index (χ0n) is 18.4. The molecule has 2 aromatic rings. The van der Waals surface area contributed by atoms with Gasteiger partial charge in [0.15, 0.2) is 11.6 Å². The first kappa shape index (κ1) is 23.5. The first-order valence-corrected chi connectivity index (χ1v) is 10.6. The fraction of sp³-hybridized carbons (Fsp3) is 0.409. The van der Waals surface area contributed by atoms with Gasteiger partial charge in [-0.1, -0.05) is 6.92 Å². The molecule has 2 amide bonds. The fourth-order valence-corrected chi connectivity index (χ4v) is 4.04. The third-order valence-electron chi connectivity index (χ3n) is 5.92. The van der Waals surface area contributed by atoms with Gasteiger partial charge < -0.3 is 9.64 Å². The number of nitrogens with zero attached hydrogens (tertiary/aromatic N) is 4. The molecule has 2 bridgehead atoms. The lowest BCUT2D eigenvalue weighted by Gasteiger charge is -2.35. The van der Waals surface area contributed by atoms with E-state index in [2.05, 4.69) is 20.0 Å². The number of nitrogens with one attached hydrogen (secondary N) is 1. The summed E-state index contributed by atoms with van der Waals surface area (Å²) in [6.07, 6.45) is -3.24. The number of ketones is 1. The molecule has 180 valence electrons. The number of alkyl halides is 3. The van der Waals surface area contributed by atoms with Crippen molar-refractivity contribution < 1.29 is 32.3 Å². The van der Waals surface area contributed by atoms with E-state index < -0.39 is 36.3 Å². The van der Waals surface area contributed by atoms with Crippen LogP contribution in [0, 0.1) is 5.92 Å². The number of methoxy groups -OCH3 is 1. The third-order valence-corrected chi connectivity index (χ3v) is 5.92. The van der Waals surface area contributed by atoms with Gasteiger partial charge in [-0.15, -0.1) is 0 Å². The Hall–Kier alpha value is -3.70. The van der Waals surface area contributed by atoms with Crippen LogP contribution in [-0.2, 0) is 4.74 Å². The average Bonchev–Trinajstić information content (AvgIpc) is 3.21. The number of esters is 1. The number of rotatable bonds is 5. The maximum atomic E-state index is 13.2. The Kier molecular flexibility index (Phi) is 6.15. The number of aromatic nitrogens is 2. The smallest absolute Gasteiger partial charge is 0.391 e. The molecule has 9 nitrogen and oxygen atoms in total. The van der Waals surface area contributed by atoms with E-state index in [1.54, 1.807) is 6.07 Å². The Morgan fingerprint density at radius 1 is 1.26 bits per heavy atom. The molecular weight excluding hydrogens is 455 g/mol. The highest BCUT2D eigenvalue weighted by molar-refractivity contribution is 6.05. The molecule has 1 fully saturated rings. The molecule has 2 aliphatic rings. The Morgan fingerprint density at radius 3 is 2.74 bits per heavy atom. The number of urea groups is 1. The maximum Gasteiger partial charge on any atom is 0.391 e. The number of carbonyl (C=O) groups excluding carboxylic acids is 3. The van der Waals surface area contributed by atoms with Gasteiger partial charge in [0, 0.05) is 25.7 Å². The lowest BCUT2D eigenvalue weighted by molar-refractivity contribution is -0.168. The van der Waals surface area contributed by atoms with Gasteiger partial charge in [0.05, 0.1) is 30.3 Å². The minimum atomic E-state index is -4.49. The quantitative estimate of drug-likeness (QED) is 0.518. The summed E-state index contributed by atoms with van der Waals surface area (Å²) >= 11 is 0. The first-order chi connectivity index (χ1) is 16.1. The number of Topliss-reactive ketones (excluding diaryl/α,β-unsaturated/α-hetero) is 1. The normalized spacial score (nSPS) is 17.7. The van der Waals surface area contributed by atoms with Crippen molar-refractivity contribution in [2.24, 2.45) is 5.92 Å². The number of carbonyl (C=O) groups is 3. The summed E-state index contributed by atoms with van der Waals surface area (Å²) < 4.78 is 43.4. The van der Waals surface area contributed by atoms with Gasteiger partial charge in [-0.2, -0.15) is 13.2 Å². The second kappa shape index (κ2) is 8.92. The molecule has 34 heavy (non-hydrogen) atoms. The van der Waals surface area contributed by atoms with E-state index >= 15 is 0 Å².